The van der Waals surface area contributed by atoms with Crippen molar-refractivity contribution in [3.05, 3.63) is 0 Å². The summed E-state index contributed by atoms with van der Waals surface area (Å²) in [4.78, 5) is 67.7. The molecule has 254 valence electrons. The topological polar surface area (TPSA) is 216 Å². The van der Waals surface area contributed by atoms with Gasteiger partial charge in [0.1, 0.15) is 12.7 Å². The van der Waals surface area contributed by atoms with Crippen LogP contribution in [0.3, 0.4) is 0 Å². The lowest BCUT2D eigenvalue weighted by atomic mass is 9.98. The highest BCUT2D eigenvalue weighted by Crippen LogP contribution is 2.30. The van der Waals surface area contributed by atoms with Crippen LogP contribution < -0.4 is 11.1 Å². The second kappa shape index (κ2) is 21.8. The zero-order chi connectivity index (χ0) is 33.9. The predicted molar refractivity (Wildman–Crippen MR) is 148 cm³/mol. The molecule has 0 aliphatic carbocycles. The molecule has 1 amide bonds. The number of carbonyl (C=O) groups is 6. The fraction of sp³-hybridized carbons (Fsp3) is 0.750. The maximum Gasteiger partial charge on any atom is 0.490 e. The summed E-state index contributed by atoms with van der Waals surface area (Å²) in [6.07, 6.45) is -10.8. The van der Waals surface area contributed by atoms with Gasteiger partial charge in [0, 0.05) is 58.7 Å². The van der Waals surface area contributed by atoms with Gasteiger partial charge >= 0.3 is 36.0 Å². The molecule has 1 aliphatic rings. The van der Waals surface area contributed by atoms with Gasteiger partial charge in [-0.05, 0) is 6.42 Å². The molecule has 0 bridgehead atoms. The molecular weight excluding hydrogens is 645 g/mol. The summed E-state index contributed by atoms with van der Waals surface area (Å²) in [7, 11) is 3.27. The average Bonchev–Trinajstić information content (AvgIpc) is 2.89. The van der Waals surface area contributed by atoms with Crippen LogP contribution in [0.4, 0.5) is 13.2 Å². The SMILES string of the molecule is CC(=O)OC[C@H]1O[C@H](OCCCC(=O)NCCSSCCN)[C@@H](OC(C)=O)[C@@H](OC(C)=O)[C@@H]1OC(C)=O.O=C(O)C(F)(F)F. The molecule has 44 heavy (non-hydrogen) atoms. The summed E-state index contributed by atoms with van der Waals surface area (Å²) in [6.45, 7) is 5.40. The Morgan fingerprint density at radius 1 is 0.864 bits per heavy atom. The zero-order valence-corrected chi connectivity index (χ0v) is 26.1. The highest BCUT2D eigenvalue weighted by Gasteiger charge is 2.52. The van der Waals surface area contributed by atoms with Gasteiger partial charge in [0.15, 0.2) is 24.6 Å². The number of carboxylic acid groups (broad SMARTS) is 1. The van der Waals surface area contributed by atoms with E-state index in [9.17, 15) is 37.1 Å². The van der Waals surface area contributed by atoms with E-state index in [2.05, 4.69) is 5.32 Å². The van der Waals surface area contributed by atoms with E-state index in [4.69, 9.17) is 44.1 Å². The fourth-order valence-electron chi connectivity index (χ4n) is 3.24. The minimum absolute atomic E-state index is 0.0300. The van der Waals surface area contributed by atoms with E-state index in [0.717, 1.165) is 32.3 Å². The van der Waals surface area contributed by atoms with Crippen molar-refractivity contribution in [2.75, 3.05) is 37.8 Å². The number of esters is 4. The molecule has 1 saturated heterocycles. The van der Waals surface area contributed by atoms with Crippen molar-refractivity contribution in [3.63, 3.8) is 0 Å². The van der Waals surface area contributed by atoms with E-state index in [-0.39, 0.29) is 25.5 Å². The van der Waals surface area contributed by atoms with Crippen LogP contribution >= 0.6 is 21.6 Å². The number of aliphatic carboxylic acids is 1. The van der Waals surface area contributed by atoms with E-state index < -0.39 is 66.7 Å². The fourth-order valence-corrected chi connectivity index (χ4v) is 5.00. The first kappa shape index (κ1) is 41.2. The first-order valence-electron chi connectivity index (χ1n) is 12.9. The van der Waals surface area contributed by atoms with E-state index in [1.165, 1.54) is 6.92 Å². The van der Waals surface area contributed by atoms with Gasteiger partial charge in [0.05, 0.1) is 6.61 Å². The number of nitrogens with two attached hydrogens (primary N) is 1. The minimum atomic E-state index is -5.08. The highest BCUT2D eigenvalue weighted by atomic mass is 33.1. The van der Waals surface area contributed by atoms with Gasteiger partial charge in [-0.1, -0.05) is 21.6 Å². The number of ether oxygens (including phenoxy) is 6. The molecule has 0 spiro atoms. The molecule has 5 atom stereocenters. The van der Waals surface area contributed by atoms with Crippen molar-refractivity contribution >= 4 is 57.3 Å². The third kappa shape index (κ3) is 18.8. The van der Waals surface area contributed by atoms with Crippen LogP contribution in [0.15, 0.2) is 0 Å². The molecule has 15 nitrogen and oxygen atoms in total. The quantitative estimate of drug-likeness (QED) is 0.0894. The van der Waals surface area contributed by atoms with Gasteiger partial charge in [-0.15, -0.1) is 0 Å². The van der Waals surface area contributed by atoms with Gasteiger partial charge in [-0.25, -0.2) is 4.79 Å². The summed E-state index contributed by atoms with van der Waals surface area (Å²) in [5.41, 5.74) is 5.42. The molecule has 1 heterocycles. The van der Waals surface area contributed by atoms with Crippen molar-refractivity contribution in [2.45, 2.75) is 77.4 Å². The number of alkyl halides is 3. The van der Waals surface area contributed by atoms with Gasteiger partial charge in [-0.2, -0.15) is 13.2 Å². The maximum absolute atomic E-state index is 12.1. The number of rotatable bonds is 16. The van der Waals surface area contributed by atoms with Crippen LogP contribution in [-0.4, -0.2) is 116 Å². The van der Waals surface area contributed by atoms with Gasteiger partial charge < -0.3 is 44.6 Å². The molecule has 0 aromatic rings. The Bertz CT molecular complexity index is 959. The van der Waals surface area contributed by atoms with E-state index in [1.54, 1.807) is 21.6 Å². The lowest BCUT2D eigenvalue weighted by Gasteiger charge is -2.44. The standard InChI is InChI=1S/C22H36N2O11S2.C2HF3O2/c1-13(25)31-12-17-19(32-14(2)26)20(33-15(3)27)21(34-16(4)28)22(35-17)30-9-5-6-18(29)24-8-11-37-36-10-7-23;3-2(4,5)1(6)7/h17,19-22H,5-12,23H2,1-4H3,(H,24,29);(H,6,7)/t17-,19-,20+,21+,22+;/m1./s1. The lowest BCUT2D eigenvalue weighted by molar-refractivity contribution is -0.308. The van der Waals surface area contributed by atoms with Crippen LogP contribution in [0, 0.1) is 0 Å². The van der Waals surface area contributed by atoms with Crippen LogP contribution in [0.1, 0.15) is 40.5 Å². The van der Waals surface area contributed by atoms with Gasteiger partial charge in [0.2, 0.25) is 5.91 Å². The van der Waals surface area contributed by atoms with Crippen LogP contribution in [0.2, 0.25) is 0 Å². The predicted octanol–water partition coefficient (Wildman–Crippen LogP) is 0.956. The number of nitrogens with one attached hydrogen (secondary N) is 1. The van der Waals surface area contributed by atoms with Crippen LogP contribution in [0.5, 0.6) is 0 Å². The smallest absolute Gasteiger partial charge is 0.475 e. The summed E-state index contributed by atoms with van der Waals surface area (Å²) >= 11 is 0. The molecule has 0 aromatic heterocycles. The summed E-state index contributed by atoms with van der Waals surface area (Å²) in [6, 6.07) is 0. The second-order valence-corrected chi connectivity index (χ2v) is 11.3. The summed E-state index contributed by atoms with van der Waals surface area (Å²) in [5, 5.41) is 9.93. The first-order valence-corrected chi connectivity index (χ1v) is 15.4. The molecule has 1 aliphatic heterocycles. The molecule has 4 N–H and O–H groups in total. The number of hydrogen-bond donors (Lipinski definition) is 3. The van der Waals surface area contributed by atoms with Crippen molar-refractivity contribution in [1.82, 2.24) is 5.32 Å². The number of hydrogen-bond acceptors (Lipinski definition) is 15. The Hall–Kier alpha value is -2.81. The second-order valence-electron chi connectivity index (χ2n) is 8.63. The van der Waals surface area contributed by atoms with E-state index in [1.807, 2.05) is 0 Å². The Labute approximate surface area is 259 Å². The average molecular weight is 683 g/mol. The van der Waals surface area contributed by atoms with Crippen molar-refractivity contribution in [2.24, 2.45) is 5.73 Å². The lowest BCUT2D eigenvalue weighted by Crippen LogP contribution is -2.63. The Balaban J connectivity index is 0.00000234. The number of carbonyl (C=O) groups excluding carboxylic acids is 5. The molecule has 0 saturated carbocycles. The Kier molecular flexibility index (Phi) is 20.4. The Morgan fingerprint density at radius 3 is 1.89 bits per heavy atom. The van der Waals surface area contributed by atoms with Crippen molar-refractivity contribution < 1.29 is 75.5 Å². The molecule has 20 heteroatoms. The number of amides is 1. The third-order valence-electron chi connectivity index (χ3n) is 4.81. The Morgan fingerprint density at radius 2 is 1.39 bits per heavy atom. The van der Waals surface area contributed by atoms with E-state index >= 15 is 0 Å². The highest BCUT2D eigenvalue weighted by molar-refractivity contribution is 8.76. The largest absolute Gasteiger partial charge is 0.490 e. The molecule has 1 rings (SSSR count). The van der Waals surface area contributed by atoms with Crippen molar-refractivity contribution in [3.8, 4) is 0 Å². The number of halogens is 3. The minimum Gasteiger partial charge on any atom is -0.475 e. The van der Waals surface area contributed by atoms with E-state index in [0.29, 0.717) is 19.5 Å². The summed E-state index contributed by atoms with van der Waals surface area (Å²) in [5.74, 6) is -4.11. The van der Waals surface area contributed by atoms with Crippen molar-refractivity contribution in [1.29, 1.82) is 0 Å². The monoisotopic (exact) mass is 682 g/mol. The third-order valence-corrected chi connectivity index (χ3v) is 7.25. The molecule has 1 fully saturated rings. The molecule has 0 unspecified atom stereocenters. The first-order chi connectivity index (χ1) is 20.5. The number of carboxylic acids is 1. The summed E-state index contributed by atoms with van der Waals surface area (Å²) < 4.78 is 64.3. The molecule has 0 radical (unpaired) electrons. The van der Waals surface area contributed by atoms with Crippen LogP contribution in [0.25, 0.3) is 0 Å². The van der Waals surface area contributed by atoms with Gasteiger partial charge in [-0.3, -0.25) is 24.0 Å². The molecule has 0 aromatic carbocycles. The molecular formula is C24H37F3N2O13S2. The zero-order valence-electron chi connectivity index (χ0n) is 24.4. The van der Waals surface area contributed by atoms with Crippen LogP contribution in [-0.2, 0) is 57.2 Å². The maximum atomic E-state index is 12.1. The normalized spacial score (nSPS) is 21.1. The van der Waals surface area contributed by atoms with Gasteiger partial charge in [0.25, 0.3) is 0 Å².